The predicted molar refractivity (Wildman–Crippen MR) is 106 cm³/mol. The molecule has 4 aromatic heterocycles. The molecule has 4 aromatic rings. The third-order valence-electron chi connectivity index (χ3n) is 4.90. The first-order valence-electron chi connectivity index (χ1n) is 9.35. The Bertz CT molecular complexity index is 1230. The van der Waals surface area contributed by atoms with E-state index in [4.69, 9.17) is 0 Å². The van der Waals surface area contributed by atoms with E-state index in [1.807, 2.05) is 26.0 Å². The standard InChI is InChI=1S/C22H17F4N5/c1-21(2,16-6-3-5-15(28-16)14-9-11-27-19(23)13-14)17-7-4-8-20(29-17)31-12-10-18(30-31)22(24,25)26/h3-13H,1-2H3. The summed E-state index contributed by atoms with van der Waals surface area (Å²) < 4.78 is 53.2. The summed E-state index contributed by atoms with van der Waals surface area (Å²) in [5.74, 6) is -0.343. The average Bonchev–Trinajstić information content (AvgIpc) is 3.25. The van der Waals surface area contributed by atoms with E-state index in [9.17, 15) is 17.6 Å². The second-order valence-corrected chi connectivity index (χ2v) is 7.42. The van der Waals surface area contributed by atoms with Crippen LogP contribution in [0.4, 0.5) is 17.6 Å². The quantitative estimate of drug-likeness (QED) is 0.332. The first-order valence-corrected chi connectivity index (χ1v) is 9.35. The highest BCUT2D eigenvalue weighted by atomic mass is 19.4. The van der Waals surface area contributed by atoms with Gasteiger partial charge in [-0.1, -0.05) is 12.1 Å². The number of pyridine rings is 3. The van der Waals surface area contributed by atoms with Crippen LogP contribution in [0.1, 0.15) is 30.9 Å². The molecule has 9 heteroatoms. The number of alkyl halides is 3. The third-order valence-corrected chi connectivity index (χ3v) is 4.90. The van der Waals surface area contributed by atoms with E-state index in [2.05, 4.69) is 20.1 Å². The van der Waals surface area contributed by atoms with Crippen molar-refractivity contribution in [2.75, 3.05) is 0 Å². The number of halogens is 4. The normalized spacial score (nSPS) is 12.2. The number of rotatable bonds is 4. The molecule has 0 radical (unpaired) electrons. The van der Waals surface area contributed by atoms with Crippen molar-refractivity contribution in [3.8, 4) is 17.1 Å². The van der Waals surface area contributed by atoms with Crippen LogP contribution < -0.4 is 0 Å². The molecular weight excluding hydrogens is 410 g/mol. The molecule has 0 spiro atoms. The summed E-state index contributed by atoms with van der Waals surface area (Å²) in [7, 11) is 0. The highest BCUT2D eigenvalue weighted by Crippen LogP contribution is 2.31. The molecule has 0 saturated carbocycles. The molecule has 4 heterocycles. The lowest BCUT2D eigenvalue weighted by Crippen LogP contribution is -2.23. The molecule has 0 aromatic carbocycles. The Morgan fingerprint density at radius 1 is 0.839 bits per heavy atom. The number of hydrogen-bond acceptors (Lipinski definition) is 4. The van der Waals surface area contributed by atoms with Gasteiger partial charge >= 0.3 is 6.18 Å². The molecule has 0 aliphatic carbocycles. The van der Waals surface area contributed by atoms with Gasteiger partial charge in [-0.25, -0.2) is 14.6 Å². The van der Waals surface area contributed by atoms with Gasteiger partial charge in [0.2, 0.25) is 5.95 Å². The second kappa shape index (κ2) is 7.57. The van der Waals surface area contributed by atoms with Gasteiger partial charge in [-0.05, 0) is 50.2 Å². The van der Waals surface area contributed by atoms with Crippen molar-refractivity contribution in [3.63, 3.8) is 0 Å². The Labute approximate surface area is 175 Å². The van der Waals surface area contributed by atoms with Gasteiger partial charge in [0.15, 0.2) is 11.5 Å². The van der Waals surface area contributed by atoms with Crippen molar-refractivity contribution in [1.82, 2.24) is 24.7 Å². The van der Waals surface area contributed by atoms with E-state index < -0.39 is 23.2 Å². The molecule has 0 unspecified atom stereocenters. The molecule has 158 valence electrons. The van der Waals surface area contributed by atoms with Gasteiger partial charge in [-0.2, -0.15) is 22.7 Å². The lowest BCUT2D eigenvalue weighted by Gasteiger charge is -2.24. The van der Waals surface area contributed by atoms with Crippen LogP contribution in [0, 0.1) is 5.95 Å². The van der Waals surface area contributed by atoms with Crippen molar-refractivity contribution < 1.29 is 17.6 Å². The molecular formula is C22H17F4N5. The number of aromatic nitrogens is 5. The van der Waals surface area contributed by atoms with Gasteiger partial charge in [-0.3, -0.25) is 4.98 Å². The Morgan fingerprint density at radius 2 is 1.55 bits per heavy atom. The zero-order chi connectivity index (χ0) is 22.2. The fraction of sp³-hybridized carbons (Fsp3) is 0.182. The molecule has 5 nitrogen and oxygen atoms in total. The van der Waals surface area contributed by atoms with E-state index in [1.54, 1.807) is 30.3 Å². The largest absolute Gasteiger partial charge is 0.435 e. The van der Waals surface area contributed by atoms with E-state index in [-0.39, 0.29) is 5.82 Å². The fourth-order valence-corrected chi connectivity index (χ4v) is 3.14. The van der Waals surface area contributed by atoms with Crippen LogP contribution in [0.5, 0.6) is 0 Å². The summed E-state index contributed by atoms with van der Waals surface area (Å²) in [6.07, 6.45) is -1.94. The maximum atomic E-state index is 13.5. The minimum absolute atomic E-state index is 0.258. The summed E-state index contributed by atoms with van der Waals surface area (Å²) in [5, 5.41) is 3.58. The van der Waals surface area contributed by atoms with Crippen LogP contribution in [0.15, 0.2) is 67.0 Å². The first kappa shape index (κ1) is 20.6. The third kappa shape index (κ3) is 4.16. The average molecular weight is 427 g/mol. The van der Waals surface area contributed by atoms with Crippen LogP contribution >= 0.6 is 0 Å². The molecule has 0 fully saturated rings. The maximum Gasteiger partial charge on any atom is 0.435 e. The predicted octanol–water partition coefficient (Wildman–Crippen LogP) is 5.21. The Hall–Kier alpha value is -3.62. The van der Waals surface area contributed by atoms with Gasteiger partial charge < -0.3 is 0 Å². The molecule has 0 amide bonds. The Morgan fingerprint density at radius 3 is 2.23 bits per heavy atom. The van der Waals surface area contributed by atoms with Gasteiger partial charge in [0.1, 0.15) is 0 Å². The van der Waals surface area contributed by atoms with E-state index in [1.165, 1.54) is 18.5 Å². The van der Waals surface area contributed by atoms with Gasteiger partial charge in [0.05, 0.1) is 17.1 Å². The maximum absolute atomic E-state index is 13.5. The van der Waals surface area contributed by atoms with E-state index >= 15 is 0 Å². The van der Waals surface area contributed by atoms with E-state index in [0.717, 1.165) is 10.7 Å². The molecule has 31 heavy (non-hydrogen) atoms. The molecule has 0 bridgehead atoms. The van der Waals surface area contributed by atoms with Crippen LogP contribution in [-0.2, 0) is 11.6 Å². The summed E-state index contributed by atoms with van der Waals surface area (Å²) in [5.41, 5.74) is 0.756. The van der Waals surface area contributed by atoms with Gasteiger partial charge in [-0.15, -0.1) is 0 Å². The smallest absolute Gasteiger partial charge is 0.252 e. The van der Waals surface area contributed by atoms with Crippen LogP contribution in [-0.4, -0.2) is 24.7 Å². The van der Waals surface area contributed by atoms with Crippen molar-refractivity contribution in [3.05, 3.63) is 90.0 Å². The van der Waals surface area contributed by atoms with Crippen LogP contribution in [0.25, 0.3) is 17.1 Å². The van der Waals surface area contributed by atoms with Gasteiger partial charge in [0, 0.05) is 29.4 Å². The first-order chi connectivity index (χ1) is 14.6. The Balaban J connectivity index is 1.71. The summed E-state index contributed by atoms with van der Waals surface area (Å²) >= 11 is 0. The zero-order valence-corrected chi connectivity index (χ0v) is 16.6. The van der Waals surface area contributed by atoms with Crippen LogP contribution in [0.3, 0.4) is 0 Å². The van der Waals surface area contributed by atoms with Crippen molar-refractivity contribution in [1.29, 1.82) is 0 Å². The Kier molecular flexibility index (Phi) is 5.04. The summed E-state index contributed by atoms with van der Waals surface area (Å²) in [6, 6.07) is 14.3. The highest BCUT2D eigenvalue weighted by molar-refractivity contribution is 5.58. The molecule has 4 rings (SSSR count). The van der Waals surface area contributed by atoms with Crippen molar-refractivity contribution >= 4 is 0 Å². The monoisotopic (exact) mass is 427 g/mol. The van der Waals surface area contributed by atoms with E-state index in [0.29, 0.717) is 22.6 Å². The number of hydrogen-bond donors (Lipinski definition) is 0. The van der Waals surface area contributed by atoms with Crippen LogP contribution in [0.2, 0.25) is 0 Å². The minimum atomic E-state index is -4.53. The molecule has 0 aliphatic heterocycles. The number of nitrogens with zero attached hydrogens (tertiary/aromatic N) is 5. The molecule has 0 N–H and O–H groups in total. The van der Waals surface area contributed by atoms with Crippen molar-refractivity contribution in [2.24, 2.45) is 0 Å². The summed E-state index contributed by atoms with van der Waals surface area (Å²) in [6.45, 7) is 3.81. The zero-order valence-electron chi connectivity index (χ0n) is 16.6. The SMILES string of the molecule is CC(C)(c1cccc(-c2ccnc(F)c2)n1)c1cccc(-n2ccc(C(F)(F)F)n2)n1. The van der Waals surface area contributed by atoms with Gasteiger partial charge in [0.25, 0.3) is 0 Å². The highest BCUT2D eigenvalue weighted by Gasteiger charge is 2.34. The molecule has 0 aliphatic rings. The molecule has 0 saturated heterocycles. The molecule has 0 atom stereocenters. The minimum Gasteiger partial charge on any atom is -0.252 e. The fourth-order valence-electron chi connectivity index (χ4n) is 3.14. The summed E-state index contributed by atoms with van der Waals surface area (Å²) in [4.78, 5) is 12.7. The lowest BCUT2D eigenvalue weighted by molar-refractivity contribution is -0.141. The topological polar surface area (TPSA) is 56.5 Å². The van der Waals surface area contributed by atoms with Crippen molar-refractivity contribution in [2.45, 2.75) is 25.4 Å². The second-order valence-electron chi connectivity index (χ2n) is 7.42. The lowest BCUT2D eigenvalue weighted by atomic mass is 9.84.